The van der Waals surface area contributed by atoms with Crippen molar-refractivity contribution in [2.75, 3.05) is 0 Å². The molecule has 3 fully saturated rings. The molecule has 22 heavy (non-hydrogen) atoms. The Bertz CT molecular complexity index is 547. The number of fused-ring (bicyclic) bond motifs is 5. The van der Waals surface area contributed by atoms with E-state index in [0.29, 0.717) is 17.1 Å². The van der Waals surface area contributed by atoms with Gasteiger partial charge < -0.3 is 5.11 Å². The van der Waals surface area contributed by atoms with Crippen LogP contribution in [0.1, 0.15) is 51.4 Å². The maximum Gasteiger partial charge on any atom is 0.129 e. The summed E-state index contributed by atoms with van der Waals surface area (Å²) in [6, 6.07) is 0. The molecule has 7 atom stereocenters. The van der Waals surface area contributed by atoms with E-state index in [1.54, 1.807) is 5.57 Å². The smallest absolute Gasteiger partial charge is 0.129 e. The molecule has 120 valence electrons. The van der Waals surface area contributed by atoms with Crippen LogP contribution in [0.15, 0.2) is 11.6 Å². The molecule has 4 aliphatic rings. The predicted octanol–water partition coefficient (Wildman–Crippen LogP) is 4.40. The summed E-state index contributed by atoms with van der Waals surface area (Å²) < 4.78 is 0. The second-order valence-corrected chi connectivity index (χ2v) is 8.74. The third kappa shape index (κ3) is 2.36. The zero-order chi connectivity index (χ0) is 15.3. The van der Waals surface area contributed by atoms with E-state index in [9.17, 15) is 5.11 Å². The minimum absolute atomic E-state index is 0.353. The number of allylic oxidation sites excluding steroid dienone is 1. The van der Waals surface area contributed by atoms with Crippen molar-refractivity contribution in [1.82, 2.24) is 0 Å². The molecule has 3 heteroatoms. The minimum atomic E-state index is -0.809. The zero-order valence-corrected chi connectivity index (χ0v) is 14.6. The summed E-state index contributed by atoms with van der Waals surface area (Å²) in [5, 5.41) is 13.8. The van der Waals surface area contributed by atoms with Crippen molar-refractivity contribution in [3.05, 3.63) is 11.6 Å². The van der Waals surface area contributed by atoms with E-state index < -0.39 is 5.60 Å². The molecule has 0 spiro atoms. The van der Waals surface area contributed by atoms with Crippen LogP contribution in [-0.4, -0.2) is 16.0 Å². The van der Waals surface area contributed by atoms with Crippen LogP contribution < -0.4 is 0 Å². The highest BCUT2D eigenvalue weighted by Gasteiger charge is 2.55. The third-order valence-corrected chi connectivity index (χ3v) is 7.60. The van der Waals surface area contributed by atoms with Crippen molar-refractivity contribution < 1.29 is 5.11 Å². The van der Waals surface area contributed by atoms with E-state index in [4.69, 9.17) is 11.6 Å². The molecule has 0 aliphatic heterocycles. The summed E-state index contributed by atoms with van der Waals surface area (Å²) in [6.07, 6.45) is 11.9. The molecule has 4 rings (SSSR count). The van der Waals surface area contributed by atoms with Crippen molar-refractivity contribution >= 4 is 24.2 Å². The number of hydrogen-bond acceptors (Lipinski definition) is 2. The summed E-state index contributed by atoms with van der Waals surface area (Å²) in [5.41, 5.74) is 0.885. The van der Waals surface area contributed by atoms with E-state index in [0.717, 1.165) is 37.0 Å². The number of halogens is 1. The lowest BCUT2D eigenvalue weighted by Gasteiger charge is -2.50. The van der Waals surface area contributed by atoms with Gasteiger partial charge >= 0.3 is 0 Å². The van der Waals surface area contributed by atoms with Gasteiger partial charge in [-0.05, 0) is 86.6 Å². The van der Waals surface area contributed by atoms with Gasteiger partial charge in [0.05, 0.1) is 0 Å². The van der Waals surface area contributed by atoms with Crippen LogP contribution in [0.3, 0.4) is 0 Å². The standard InChI is InChI=1S/C19H25ClOS/c20-10-9-19(21)8-7-17-16-3-1-12-11-13(22)2-4-14(12)15(16)5-6-18(17)19/h11,13-18,21-22H,1-8H2/t13?,14-,15+,16+,17-,18-,19+/m0/s1. The molecule has 0 heterocycles. The Morgan fingerprint density at radius 3 is 2.77 bits per heavy atom. The number of thiol groups is 1. The van der Waals surface area contributed by atoms with Gasteiger partial charge in [-0.2, -0.15) is 12.6 Å². The Labute approximate surface area is 144 Å². The maximum atomic E-state index is 10.9. The van der Waals surface area contributed by atoms with Gasteiger partial charge in [0.25, 0.3) is 0 Å². The molecule has 0 saturated heterocycles. The first-order valence-corrected chi connectivity index (χ1v) is 9.75. The summed E-state index contributed by atoms with van der Waals surface area (Å²) in [4.78, 5) is 0. The normalized spacial score (nSPS) is 50.0. The molecular weight excluding hydrogens is 312 g/mol. The quantitative estimate of drug-likeness (QED) is 0.381. The molecule has 4 aliphatic carbocycles. The zero-order valence-electron chi connectivity index (χ0n) is 13.0. The van der Waals surface area contributed by atoms with Crippen molar-refractivity contribution in [2.24, 2.45) is 29.6 Å². The van der Waals surface area contributed by atoms with Crippen LogP contribution in [0.25, 0.3) is 0 Å². The average Bonchev–Trinajstić information content (AvgIpc) is 2.84. The van der Waals surface area contributed by atoms with Gasteiger partial charge in [-0.25, -0.2) is 0 Å². The van der Waals surface area contributed by atoms with Gasteiger partial charge in [-0.1, -0.05) is 17.6 Å². The van der Waals surface area contributed by atoms with Crippen LogP contribution in [0, 0.1) is 40.9 Å². The second kappa shape index (κ2) is 5.76. The average molecular weight is 337 g/mol. The highest BCUT2D eigenvalue weighted by Crippen LogP contribution is 2.59. The number of hydrogen-bond donors (Lipinski definition) is 2. The molecule has 0 bridgehead atoms. The second-order valence-electron chi connectivity index (χ2n) is 7.89. The van der Waals surface area contributed by atoms with Gasteiger partial charge in [0, 0.05) is 16.5 Å². The molecule has 0 aromatic heterocycles. The third-order valence-electron chi connectivity index (χ3n) is 7.10. The van der Waals surface area contributed by atoms with E-state index in [-0.39, 0.29) is 0 Å². The molecular formula is C19H25ClOS. The van der Waals surface area contributed by atoms with Gasteiger partial charge in [0.1, 0.15) is 5.60 Å². The first kappa shape index (κ1) is 15.4. The Balaban J connectivity index is 1.58. The van der Waals surface area contributed by atoms with Crippen LogP contribution in [-0.2, 0) is 0 Å². The maximum absolute atomic E-state index is 10.9. The lowest BCUT2D eigenvalue weighted by Crippen LogP contribution is -2.45. The first-order valence-electron chi connectivity index (χ1n) is 8.86. The highest BCUT2D eigenvalue weighted by atomic mass is 35.5. The molecule has 1 nitrogen and oxygen atoms in total. The fraction of sp³-hybridized carbons (Fsp3) is 0.789. The van der Waals surface area contributed by atoms with Crippen LogP contribution in [0.5, 0.6) is 0 Å². The van der Waals surface area contributed by atoms with Crippen LogP contribution in [0.4, 0.5) is 0 Å². The molecule has 3 saturated carbocycles. The molecule has 1 unspecified atom stereocenters. The predicted molar refractivity (Wildman–Crippen MR) is 93.8 cm³/mol. The van der Waals surface area contributed by atoms with E-state index in [2.05, 4.69) is 30.0 Å². The molecule has 0 amide bonds. The van der Waals surface area contributed by atoms with E-state index >= 15 is 0 Å². The number of aliphatic hydroxyl groups is 1. The Kier molecular flexibility index (Phi) is 4.04. The summed E-state index contributed by atoms with van der Waals surface area (Å²) >= 11 is 10.3. The van der Waals surface area contributed by atoms with Crippen LogP contribution >= 0.6 is 24.2 Å². The van der Waals surface area contributed by atoms with Crippen molar-refractivity contribution in [3.8, 4) is 11.3 Å². The van der Waals surface area contributed by atoms with E-state index in [1.807, 2.05) is 0 Å². The Morgan fingerprint density at radius 1 is 1.09 bits per heavy atom. The summed E-state index contributed by atoms with van der Waals surface area (Å²) in [7, 11) is 0. The van der Waals surface area contributed by atoms with Crippen molar-refractivity contribution in [2.45, 2.75) is 62.2 Å². The Hall–Kier alpha value is -0.100. The lowest BCUT2D eigenvalue weighted by molar-refractivity contribution is -0.0188. The van der Waals surface area contributed by atoms with E-state index in [1.165, 1.54) is 32.1 Å². The SMILES string of the molecule is O[C@@]1(C#CCl)CC[C@H]2[C@@H]3CCC4=CC(S)CC[C@@H]4[C@H]3CC[C@@H]21. The minimum Gasteiger partial charge on any atom is -0.377 e. The van der Waals surface area contributed by atoms with Crippen LogP contribution in [0.2, 0.25) is 0 Å². The molecule has 0 aromatic rings. The molecule has 0 aromatic carbocycles. The van der Waals surface area contributed by atoms with Crippen molar-refractivity contribution in [1.29, 1.82) is 0 Å². The monoisotopic (exact) mass is 336 g/mol. The van der Waals surface area contributed by atoms with Gasteiger partial charge in [-0.15, -0.1) is 0 Å². The van der Waals surface area contributed by atoms with Gasteiger partial charge in [0.15, 0.2) is 0 Å². The number of rotatable bonds is 0. The fourth-order valence-electron chi connectivity index (χ4n) is 6.24. The molecule has 0 radical (unpaired) electrons. The first-order chi connectivity index (χ1) is 10.6. The molecule has 1 N–H and O–H groups in total. The highest BCUT2D eigenvalue weighted by molar-refractivity contribution is 7.81. The van der Waals surface area contributed by atoms with Crippen molar-refractivity contribution in [3.63, 3.8) is 0 Å². The lowest BCUT2D eigenvalue weighted by atomic mass is 9.55. The topological polar surface area (TPSA) is 20.2 Å². The Morgan fingerprint density at radius 2 is 1.95 bits per heavy atom. The summed E-state index contributed by atoms with van der Waals surface area (Å²) in [6.45, 7) is 0. The fourth-order valence-corrected chi connectivity index (χ4v) is 6.75. The largest absolute Gasteiger partial charge is 0.377 e. The van der Waals surface area contributed by atoms with Gasteiger partial charge in [-0.3, -0.25) is 0 Å². The van der Waals surface area contributed by atoms with Gasteiger partial charge in [0.2, 0.25) is 0 Å². The summed E-state index contributed by atoms with van der Waals surface area (Å²) in [5.74, 6) is 6.38.